The standard InChI is InChI=1S/C14H19N3O3/c1-2-12(19)16-5-6-17(14(9-16)3-4-14)13(20)10-7-11(18)15-8-10/h2,10H,1,3-9H2,(H,15,18)/t10-/m1/s1. The third-order valence-corrected chi connectivity index (χ3v) is 4.56. The zero-order valence-corrected chi connectivity index (χ0v) is 11.4. The number of carbonyl (C=O) groups excluding carboxylic acids is 3. The minimum atomic E-state index is -0.235. The van der Waals surface area contributed by atoms with Gasteiger partial charge in [-0.25, -0.2) is 0 Å². The van der Waals surface area contributed by atoms with Crippen LogP contribution in [0.25, 0.3) is 0 Å². The van der Waals surface area contributed by atoms with Gasteiger partial charge < -0.3 is 15.1 Å². The molecular formula is C14H19N3O3. The summed E-state index contributed by atoms with van der Waals surface area (Å²) in [6.45, 7) is 5.66. The van der Waals surface area contributed by atoms with Gasteiger partial charge >= 0.3 is 0 Å². The van der Waals surface area contributed by atoms with Crippen molar-refractivity contribution in [2.45, 2.75) is 24.8 Å². The first-order valence-corrected chi connectivity index (χ1v) is 7.05. The van der Waals surface area contributed by atoms with Gasteiger partial charge in [0.25, 0.3) is 0 Å². The molecule has 1 saturated carbocycles. The Morgan fingerprint density at radius 1 is 1.35 bits per heavy atom. The number of carbonyl (C=O) groups is 3. The van der Waals surface area contributed by atoms with E-state index in [0.717, 1.165) is 12.8 Å². The Balaban J connectivity index is 1.70. The highest BCUT2D eigenvalue weighted by Crippen LogP contribution is 2.45. The number of rotatable bonds is 2. The summed E-state index contributed by atoms with van der Waals surface area (Å²) in [5.41, 5.74) is -0.181. The van der Waals surface area contributed by atoms with Crippen molar-refractivity contribution in [1.82, 2.24) is 15.1 Å². The molecule has 0 aromatic carbocycles. The average molecular weight is 277 g/mol. The number of piperazine rings is 1. The second-order valence-electron chi connectivity index (χ2n) is 5.88. The van der Waals surface area contributed by atoms with Crippen molar-refractivity contribution in [3.63, 3.8) is 0 Å². The fourth-order valence-corrected chi connectivity index (χ4v) is 3.21. The molecule has 3 aliphatic rings. The van der Waals surface area contributed by atoms with Crippen molar-refractivity contribution in [2.75, 3.05) is 26.2 Å². The lowest BCUT2D eigenvalue weighted by Gasteiger charge is -2.42. The Morgan fingerprint density at radius 3 is 2.65 bits per heavy atom. The molecule has 6 nitrogen and oxygen atoms in total. The third-order valence-electron chi connectivity index (χ3n) is 4.56. The Hall–Kier alpha value is -1.85. The minimum absolute atomic E-state index is 0.0475. The van der Waals surface area contributed by atoms with Crippen LogP contribution in [0.4, 0.5) is 0 Å². The van der Waals surface area contributed by atoms with Crippen molar-refractivity contribution in [3.05, 3.63) is 12.7 Å². The molecule has 2 aliphatic heterocycles. The number of nitrogens with zero attached hydrogens (tertiary/aromatic N) is 2. The van der Waals surface area contributed by atoms with E-state index >= 15 is 0 Å². The topological polar surface area (TPSA) is 69.7 Å². The molecule has 3 fully saturated rings. The fraction of sp³-hybridized carbons (Fsp3) is 0.643. The van der Waals surface area contributed by atoms with E-state index in [1.54, 1.807) is 4.90 Å². The minimum Gasteiger partial charge on any atom is -0.355 e. The monoisotopic (exact) mass is 277 g/mol. The van der Waals surface area contributed by atoms with E-state index < -0.39 is 0 Å². The van der Waals surface area contributed by atoms with Gasteiger partial charge in [0.2, 0.25) is 17.7 Å². The second kappa shape index (κ2) is 4.61. The van der Waals surface area contributed by atoms with Crippen molar-refractivity contribution in [3.8, 4) is 0 Å². The van der Waals surface area contributed by atoms with Gasteiger partial charge in [-0.2, -0.15) is 0 Å². The molecule has 108 valence electrons. The molecule has 2 heterocycles. The summed E-state index contributed by atoms with van der Waals surface area (Å²) in [6, 6.07) is 0. The van der Waals surface area contributed by atoms with E-state index in [0.29, 0.717) is 32.6 Å². The lowest BCUT2D eigenvalue weighted by molar-refractivity contribution is -0.145. The van der Waals surface area contributed by atoms with Crippen molar-refractivity contribution >= 4 is 17.7 Å². The Labute approximate surface area is 117 Å². The second-order valence-corrected chi connectivity index (χ2v) is 5.88. The Kier molecular flexibility index (Phi) is 3.03. The predicted octanol–water partition coefficient (Wildman–Crippen LogP) is -0.488. The van der Waals surface area contributed by atoms with Gasteiger partial charge in [0, 0.05) is 32.6 Å². The van der Waals surface area contributed by atoms with E-state index in [1.807, 2.05) is 4.90 Å². The van der Waals surface area contributed by atoms with Gasteiger partial charge in [0.05, 0.1) is 11.5 Å². The van der Waals surface area contributed by atoms with E-state index in [4.69, 9.17) is 0 Å². The summed E-state index contributed by atoms with van der Waals surface area (Å²) in [5.74, 6) is -0.289. The molecule has 0 unspecified atom stereocenters. The maximum atomic E-state index is 12.6. The normalized spacial score (nSPS) is 27.4. The van der Waals surface area contributed by atoms with Gasteiger partial charge in [0.15, 0.2) is 0 Å². The molecule has 1 spiro atoms. The summed E-state index contributed by atoms with van der Waals surface area (Å²) >= 11 is 0. The number of hydrogen-bond donors (Lipinski definition) is 1. The highest BCUT2D eigenvalue weighted by Gasteiger charge is 2.54. The maximum Gasteiger partial charge on any atom is 0.246 e. The van der Waals surface area contributed by atoms with Gasteiger partial charge in [-0.1, -0.05) is 6.58 Å². The van der Waals surface area contributed by atoms with Gasteiger partial charge in [-0.05, 0) is 18.9 Å². The van der Waals surface area contributed by atoms with Crippen LogP contribution in [0.1, 0.15) is 19.3 Å². The quantitative estimate of drug-likeness (QED) is 0.693. The molecule has 0 radical (unpaired) electrons. The van der Waals surface area contributed by atoms with Crippen LogP contribution in [-0.2, 0) is 14.4 Å². The van der Waals surface area contributed by atoms with Crippen molar-refractivity contribution in [2.24, 2.45) is 5.92 Å². The van der Waals surface area contributed by atoms with E-state index in [-0.39, 0.29) is 29.2 Å². The SMILES string of the molecule is C=CC(=O)N1CCN(C(=O)[C@H]2CNC(=O)C2)C2(CC2)C1. The summed E-state index contributed by atoms with van der Waals surface area (Å²) in [7, 11) is 0. The fourth-order valence-electron chi connectivity index (χ4n) is 3.21. The zero-order valence-electron chi connectivity index (χ0n) is 11.4. The van der Waals surface area contributed by atoms with Crippen LogP contribution in [0.3, 0.4) is 0 Å². The Morgan fingerprint density at radius 2 is 2.10 bits per heavy atom. The molecule has 2 saturated heterocycles. The molecule has 1 aliphatic carbocycles. The van der Waals surface area contributed by atoms with Crippen LogP contribution < -0.4 is 5.32 Å². The average Bonchev–Trinajstić information content (AvgIpc) is 3.06. The van der Waals surface area contributed by atoms with Gasteiger partial charge in [-0.15, -0.1) is 0 Å². The summed E-state index contributed by atoms with van der Waals surface area (Å²) < 4.78 is 0. The summed E-state index contributed by atoms with van der Waals surface area (Å²) in [5, 5.41) is 2.71. The van der Waals surface area contributed by atoms with Crippen LogP contribution in [-0.4, -0.2) is 59.2 Å². The highest BCUT2D eigenvalue weighted by molar-refractivity contribution is 5.90. The molecule has 1 N–H and O–H groups in total. The largest absolute Gasteiger partial charge is 0.355 e. The molecule has 0 aromatic rings. The smallest absolute Gasteiger partial charge is 0.246 e. The lowest BCUT2D eigenvalue weighted by Crippen LogP contribution is -2.59. The first kappa shape index (κ1) is 13.1. The molecule has 3 rings (SSSR count). The summed E-state index contributed by atoms with van der Waals surface area (Å²) in [6.07, 6.45) is 3.50. The molecule has 1 atom stereocenters. The van der Waals surface area contributed by atoms with Gasteiger partial charge in [0.1, 0.15) is 0 Å². The maximum absolute atomic E-state index is 12.6. The molecular weight excluding hydrogens is 258 g/mol. The number of nitrogens with one attached hydrogen (secondary N) is 1. The van der Waals surface area contributed by atoms with E-state index in [1.165, 1.54) is 6.08 Å². The summed E-state index contributed by atoms with van der Waals surface area (Å²) in [4.78, 5) is 39.2. The number of amides is 3. The predicted molar refractivity (Wildman–Crippen MR) is 71.6 cm³/mol. The van der Waals surface area contributed by atoms with Gasteiger partial charge in [-0.3, -0.25) is 14.4 Å². The van der Waals surface area contributed by atoms with E-state index in [2.05, 4.69) is 11.9 Å². The number of hydrogen-bond acceptors (Lipinski definition) is 3. The first-order valence-electron chi connectivity index (χ1n) is 7.05. The molecule has 6 heteroatoms. The van der Waals surface area contributed by atoms with Crippen LogP contribution in [0.5, 0.6) is 0 Å². The van der Waals surface area contributed by atoms with Crippen LogP contribution in [0.15, 0.2) is 12.7 Å². The van der Waals surface area contributed by atoms with Crippen molar-refractivity contribution in [1.29, 1.82) is 0 Å². The molecule has 0 bridgehead atoms. The zero-order chi connectivity index (χ0) is 14.3. The van der Waals surface area contributed by atoms with Crippen LogP contribution in [0.2, 0.25) is 0 Å². The van der Waals surface area contributed by atoms with Crippen LogP contribution >= 0.6 is 0 Å². The highest BCUT2D eigenvalue weighted by atomic mass is 16.2. The molecule has 20 heavy (non-hydrogen) atoms. The van der Waals surface area contributed by atoms with E-state index in [9.17, 15) is 14.4 Å². The lowest BCUT2D eigenvalue weighted by atomic mass is 10.0. The first-order chi connectivity index (χ1) is 9.55. The van der Waals surface area contributed by atoms with Crippen molar-refractivity contribution < 1.29 is 14.4 Å². The molecule has 3 amide bonds. The van der Waals surface area contributed by atoms with Crippen LogP contribution in [0, 0.1) is 5.92 Å². The Bertz CT molecular complexity index is 484. The molecule has 0 aromatic heterocycles. The third kappa shape index (κ3) is 2.09.